The summed E-state index contributed by atoms with van der Waals surface area (Å²) < 4.78 is 11.4. The minimum Gasteiger partial charge on any atom is -0.478 e. The van der Waals surface area contributed by atoms with E-state index in [1.54, 1.807) is 0 Å². The molecule has 0 fully saturated rings. The predicted molar refractivity (Wildman–Crippen MR) is 139 cm³/mol. The number of carboxylic acid groups (broad SMARTS) is 1. The van der Waals surface area contributed by atoms with Crippen LogP contribution in [-0.4, -0.2) is 87.2 Å². The lowest BCUT2D eigenvalue weighted by Gasteiger charge is -2.39. The van der Waals surface area contributed by atoms with Gasteiger partial charge in [-0.25, -0.2) is 9.79 Å². The highest BCUT2D eigenvalue weighted by Gasteiger charge is 2.44. The minimum atomic E-state index is -1.59. The number of carboxylic acids is 1. The van der Waals surface area contributed by atoms with Crippen molar-refractivity contribution < 1.29 is 34.4 Å². The van der Waals surface area contributed by atoms with Crippen LogP contribution >= 0.6 is 12.6 Å². The summed E-state index contributed by atoms with van der Waals surface area (Å²) in [6, 6.07) is -2.06. The molecule has 0 bridgehead atoms. The van der Waals surface area contributed by atoms with Gasteiger partial charge in [-0.15, -0.1) is 12.6 Å². The molecule has 0 spiro atoms. The molecule has 0 saturated carbocycles. The van der Waals surface area contributed by atoms with Crippen molar-refractivity contribution in [3.05, 3.63) is 11.8 Å². The Morgan fingerprint density at radius 3 is 2.44 bits per heavy atom. The molecule has 1 unspecified atom stereocenters. The van der Waals surface area contributed by atoms with Crippen LogP contribution in [0.15, 0.2) is 16.8 Å². The first-order valence-electron chi connectivity index (χ1n) is 12.0. The number of β-amino-alcohol motifs (C(OH)–C–C–N with tert-alkyl or cyclic N) is 1. The van der Waals surface area contributed by atoms with Gasteiger partial charge in [0.1, 0.15) is 17.1 Å². The molecule has 6 atom stereocenters. The largest absolute Gasteiger partial charge is 0.478 e. The number of nitrogens with zero attached hydrogens (tertiary/aromatic N) is 1. The molecule has 1 aliphatic heterocycles. The molecule has 12 nitrogen and oxygen atoms in total. The summed E-state index contributed by atoms with van der Waals surface area (Å²) in [6.45, 7) is 9.51. The highest BCUT2D eigenvalue weighted by Crippen LogP contribution is 2.26. The average molecular weight is 534 g/mol. The third-order valence-corrected chi connectivity index (χ3v) is 6.19. The quantitative estimate of drug-likeness (QED) is 0.0604. The Bertz CT molecular complexity index is 802. The number of amides is 1. The van der Waals surface area contributed by atoms with E-state index in [4.69, 9.17) is 20.9 Å². The number of thiol groups is 1. The molecular weight excluding hydrogens is 490 g/mol. The van der Waals surface area contributed by atoms with Crippen molar-refractivity contribution in [1.82, 2.24) is 10.6 Å². The number of aliphatic imine (C=N–C) groups is 1. The number of carbonyl (C=O) groups excluding carboxylic acids is 1. The fourth-order valence-electron chi connectivity index (χ4n) is 3.72. The summed E-state index contributed by atoms with van der Waals surface area (Å²) in [6.07, 6.45) is 0.323. The highest BCUT2D eigenvalue weighted by molar-refractivity contribution is 7.81. The van der Waals surface area contributed by atoms with Crippen LogP contribution in [0, 0.1) is 0 Å². The van der Waals surface area contributed by atoms with Crippen LogP contribution in [0.1, 0.15) is 60.3 Å². The second kappa shape index (κ2) is 14.0. The number of guanidine groups is 1. The van der Waals surface area contributed by atoms with Gasteiger partial charge in [-0.3, -0.25) is 4.79 Å². The third-order valence-electron chi connectivity index (χ3n) is 5.84. The molecule has 208 valence electrons. The highest BCUT2D eigenvalue weighted by atomic mass is 32.1. The number of aliphatic hydroxyl groups is 2. The lowest BCUT2D eigenvalue weighted by Crippen LogP contribution is -2.60. The molecule has 0 aromatic rings. The molecule has 9 N–H and O–H groups in total. The van der Waals surface area contributed by atoms with E-state index in [1.165, 1.54) is 6.92 Å². The second-order valence-electron chi connectivity index (χ2n) is 9.89. The van der Waals surface area contributed by atoms with E-state index in [1.807, 2.05) is 20.8 Å². The van der Waals surface area contributed by atoms with Gasteiger partial charge < -0.3 is 46.9 Å². The first kappa shape index (κ1) is 32.0. The summed E-state index contributed by atoms with van der Waals surface area (Å²) >= 11 is 4.57. The summed E-state index contributed by atoms with van der Waals surface area (Å²) in [7, 11) is 0. The summed E-state index contributed by atoms with van der Waals surface area (Å²) in [4.78, 5) is 26.8. The lowest BCUT2D eigenvalue weighted by molar-refractivity contribution is -0.144. The number of unbranched alkanes of at least 4 members (excludes halogenated alkanes) is 1. The number of aliphatic carboxylic acids is 1. The van der Waals surface area contributed by atoms with Crippen LogP contribution in [0.5, 0.6) is 0 Å². The van der Waals surface area contributed by atoms with Gasteiger partial charge in [0, 0.05) is 19.0 Å². The van der Waals surface area contributed by atoms with Crippen molar-refractivity contribution >= 4 is 30.5 Å². The fraction of sp³-hybridized carbons (Fsp3) is 0.783. The Morgan fingerprint density at radius 1 is 1.28 bits per heavy atom. The van der Waals surface area contributed by atoms with Gasteiger partial charge in [0.05, 0.1) is 24.8 Å². The minimum absolute atomic E-state index is 0.0477. The van der Waals surface area contributed by atoms with E-state index in [-0.39, 0.29) is 12.5 Å². The summed E-state index contributed by atoms with van der Waals surface area (Å²) in [5.74, 6) is -2.74. The second-order valence-corrected chi connectivity index (χ2v) is 10.8. The van der Waals surface area contributed by atoms with Crippen LogP contribution in [0.4, 0.5) is 0 Å². The van der Waals surface area contributed by atoms with E-state index in [0.29, 0.717) is 13.0 Å². The number of hydrogen-bond acceptors (Lipinski definition) is 9. The molecule has 1 rings (SSSR count). The predicted octanol–water partition coefficient (Wildman–Crippen LogP) is -0.167. The van der Waals surface area contributed by atoms with Gasteiger partial charge in [-0.1, -0.05) is 13.3 Å². The zero-order chi connectivity index (χ0) is 27.7. The number of nitrogens with one attached hydrogen (secondary N) is 2. The van der Waals surface area contributed by atoms with Crippen molar-refractivity contribution in [3.8, 4) is 0 Å². The van der Waals surface area contributed by atoms with E-state index < -0.39 is 58.5 Å². The van der Waals surface area contributed by atoms with Gasteiger partial charge in [0.15, 0.2) is 5.96 Å². The molecule has 1 heterocycles. The summed E-state index contributed by atoms with van der Waals surface area (Å²) in [5, 5.41) is 36.8. The maximum absolute atomic E-state index is 11.8. The third kappa shape index (κ3) is 10.9. The van der Waals surface area contributed by atoms with E-state index in [0.717, 1.165) is 25.3 Å². The maximum atomic E-state index is 11.8. The Morgan fingerprint density at radius 2 is 1.92 bits per heavy atom. The van der Waals surface area contributed by atoms with Crippen LogP contribution in [0.25, 0.3) is 0 Å². The number of aliphatic hydroxyl groups excluding tert-OH is 2. The van der Waals surface area contributed by atoms with Crippen LogP contribution in [0.2, 0.25) is 0 Å². The van der Waals surface area contributed by atoms with Crippen molar-refractivity contribution in [2.45, 2.75) is 101 Å². The number of hydrogen-bond donors (Lipinski definition) is 8. The van der Waals surface area contributed by atoms with E-state index >= 15 is 0 Å². The Hall–Kier alpha value is -2.06. The van der Waals surface area contributed by atoms with Crippen molar-refractivity contribution in [1.29, 1.82) is 0 Å². The fourth-order valence-corrected chi connectivity index (χ4v) is 3.97. The van der Waals surface area contributed by atoms with Crippen molar-refractivity contribution in [2.75, 3.05) is 13.2 Å². The van der Waals surface area contributed by atoms with Gasteiger partial charge >= 0.3 is 5.97 Å². The molecule has 1 amide bonds. The molecule has 0 saturated heterocycles. The molecule has 0 aromatic carbocycles. The number of ether oxygens (including phenoxy) is 2. The lowest BCUT2D eigenvalue weighted by atomic mass is 9.91. The van der Waals surface area contributed by atoms with Crippen LogP contribution < -0.4 is 22.1 Å². The van der Waals surface area contributed by atoms with Crippen LogP contribution in [0.3, 0.4) is 0 Å². The van der Waals surface area contributed by atoms with E-state index in [9.17, 15) is 24.9 Å². The Balaban J connectivity index is 2.88. The molecule has 0 aromatic heterocycles. The smallest absolute Gasteiger partial charge is 0.370 e. The number of rotatable bonds is 15. The SMILES string of the molecule is CCCCC(C)(S)OCCC(C)(C)NC[C@@H](O)[C@@H](O)[C@@H]1OC(C(=O)O)=C[C@H](N=C(N)N)[C@H]1NC(C)=O. The van der Waals surface area contributed by atoms with Gasteiger partial charge in [-0.2, -0.15) is 0 Å². The average Bonchev–Trinajstić information content (AvgIpc) is 2.75. The Labute approximate surface area is 218 Å². The topological polar surface area (TPSA) is 202 Å². The van der Waals surface area contributed by atoms with Crippen molar-refractivity contribution in [3.63, 3.8) is 0 Å². The first-order valence-corrected chi connectivity index (χ1v) is 12.5. The molecular formula is C23H43N5O7S. The van der Waals surface area contributed by atoms with E-state index in [2.05, 4.69) is 35.2 Å². The Kier molecular flexibility index (Phi) is 12.5. The molecule has 0 radical (unpaired) electrons. The standard InChI is InChI=1S/C23H43N5O7S/c1-6-7-8-23(5,36)34-10-9-22(3,4)26-12-15(30)18(31)19-17(27-13(2)29)14(28-21(24)25)11-16(35-19)20(32)33/h11,14-15,17-19,26,30-31,36H,6-10,12H2,1-5H3,(H,27,29)(H,32,33)(H4,24,25,28)/t14-,15+,17+,18+,19+,23?/m0/s1. The van der Waals surface area contributed by atoms with Crippen LogP contribution in [-0.2, 0) is 19.1 Å². The zero-order valence-electron chi connectivity index (χ0n) is 21.7. The first-order chi connectivity index (χ1) is 16.6. The molecule has 1 aliphatic rings. The number of nitrogens with two attached hydrogens (primary N) is 2. The normalized spacial score (nSPS) is 23.4. The van der Waals surface area contributed by atoms with Gasteiger partial charge in [0.25, 0.3) is 0 Å². The van der Waals surface area contributed by atoms with Gasteiger partial charge in [-0.05, 0) is 46.1 Å². The molecule has 36 heavy (non-hydrogen) atoms. The summed E-state index contributed by atoms with van der Waals surface area (Å²) in [5.41, 5.74) is 10.5. The number of carbonyl (C=O) groups is 2. The molecule has 0 aliphatic carbocycles. The zero-order valence-corrected chi connectivity index (χ0v) is 22.6. The maximum Gasteiger partial charge on any atom is 0.370 e. The molecule has 13 heteroatoms. The van der Waals surface area contributed by atoms with Crippen molar-refractivity contribution in [2.24, 2.45) is 16.5 Å². The monoisotopic (exact) mass is 533 g/mol. The van der Waals surface area contributed by atoms with Gasteiger partial charge in [0.2, 0.25) is 11.7 Å².